The van der Waals surface area contributed by atoms with E-state index in [9.17, 15) is 5.11 Å². The highest BCUT2D eigenvalue weighted by Crippen LogP contribution is 2.23. The molecule has 0 radical (unpaired) electrons. The molecule has 1 aromatic rings. The molecular formula is C10H10N4O. The number of nitrogen functional groups attached to an aromatic ring is 1. The molecule has 0 fully saturated rings. The van der Waals surface area contributed by atoms with Crippen LogP contribution in [-0.4, -0.2) is 11.7 Å². The fourth-order valence-corrected chi connectivity index (χ4v) is 0.971. The number of para-hydroxylation sites is 1. The third-order valence-electron chi connectivity index (χ3n) is 1.69. The van der Waals surface area contributed by atoms with E-state index in [1.54, 1.807) is 18.2 Å². The second kappa shape index (κ2) is 5.43. The van der Waals surface area contributed by atoms with Gasteiger partial charge in [-0.15, -0.1) is 0 Å². The van der Waals surface area contributed by atoms with Gasteiger partial charge in [0, 0.05) is 17.9 Å². The number of nitrogens with two attached hydrogens (primary N) is 1. The number of azide groups is 1. The Morgan fingerprint density at radius 2 is 2.33 bits per heavy atom. The van der Waals surface area contributed by atoms with Gasteiger partial charge in [0.15, 0.2) is 5.75 Å². The van der Waals surface area contributed by atoms with E-state index in [4.69, 9.17) is 11.3 Å². The SMILES string of the molecule is [N-]=[N+]=NCCC#Cc1cccc(N)c1O. The minimum atomic E-state index is -0.00576. The Hall–Kier alpha value is -2.31. The Morgan fingerprint density at radius 3 is 3.07 bits per heavy atom. The predicted octanol–water partition coefficient (Wildman–Crippen LogP) is 2.03. The summed E-state index contributed by atoms with van der Waals surface area (Å²) >= 11 is 0. The Bertz CT molecular complexity index is 452. The van der Waals surface area contributed by atoms with Gasteiger partial charge in [0.2, 0.25) is 0 Å². The molecule has 0 saturated heterocycles. The molecule has 0 aromatic heterocycles. The quantitative estimate of drug-likeness (QED) is 0.146. The zero-order chi connectivity index (χ0) is 11.1. The van der Waals surface area contributed by atoms with Crippen LogP contribution in [-0.2, 0) is 0 Å². The van der Waals surface area contributed by atoms with Gasteiger partial charge >= 0.3 is 0 Å². The molecule has 5 nitrogen and oxygen atoms in total. The summed E-state index contributed by atoms with van der Waals surface area (Å²) < 4.78 is 0. The maximum absolute atomic E-state index is 9.49. The van der Waals surface area contributed by atoms with Crippen LogP contribution in [0.2, 0.25) is 0 Å². The number of phenols is 1. The molecule has 0 atom stereocenters. The lowest BCUT2D eigenvalue weighted by molar-refractivity contribution is 0.476. The van der Waals surface area contributed by atoms with Crippen LogP contribution in [0.5, 0.6) is 5.75 Å². The molecule has 5 heteroatoms. The van der Waals surface area contributed by atoms with Crippen molar-refractivity contribution in [1.82, 2.24) is 0 Å². The van der Waals surface area contributed by atoms with Crippen LogP contribution < -0.4 is 5.73 Å². The monoisotopic (exact) mass is 202 g/mol. The van der Waals surface area contributed by atoms with Gasteiger partial charge in [-0.25, -0.2) is 0 Å². The standard InChI is InChI=1S/C10H10N4O/c11-9-6-3-5-8(10(9)15)4-1-2-7-13-14-12/h3,5-6,15H,2,7,11H2. The van der Waals surface area contributed by atoms with Crippen LogP contribution in [0.15, 0.2) is 23.3 Å². The minimum absolute atomic E-state index is 0.00576. The van der Waals surface area contributed by atoms with E-state index in [1.165, 1.54) is 0 Å². The van der Waals surface area contributed by atoms with Crippen LogP contribution in [0.4, 0.5) is 5.69 Å². The van der Waals surface area contributed by atoms with Crippen molar-refractivity contribution in [2.75, 3.05) is 12.3 Å². The average Bonchev–Trinajstić information content (AvgIpc) is 2.24. The second-order valence-corrected chi connectivity index (χ2v) is 2.75. The number of anilines is 1. The molecule has 0 bridgehead atoms. The molecule has 0 aliphatic heterocycles. The van der Waals surface area contributed by atoms with Gasteiger partial charge < -0.3 is 10.8 Å². The number of hydrogen-bond donors (Lipinski definition) is 2. The van der Waals surface area contributed by atoms with E-state index in [-0.39, 0.29) is 5.75 Å². The lowest BCUT2D eigenvalue weighted by atomic mass is 10.2. The fraction of sp³-hybridized carbons (Fsp3) is 0.200. The van der Waals surface area contributed by atoms with E-state index < -0.39 is 0 Å². The summed E-state index contributed by atoms with van der Waals surface area (Å²) in [6, 6.07) is 4.99. The van der Waals surface area contributed by atoms with Crippen molar-refractivity contribution in [3.63, 3.8) is 0 Å². The molecule has 76 valence electrons. The molecule has 0 unspecified atom stereocenters. The summed E-state index contributed by atoms with van der Waals surface area (Å²) in [6.45, 7) is 0.326. The largest absolute Gasteiger partial charge is 0.505 e. The van der Waals surface area contributed by atoms with Crippen molar-refractivity contribution < 1.29 is 5.11 Å². The highest BCUT2D eigenvalue weighted by molar-refractivity contribution is 5.60. The highest BCUT2D eigenvalue weighted by Gasteiger charge is 1.99. The van der Waals surface area contributed by atoms with Crippen molar-refractivity contribution in [3.05, 3.63) is 34.2 Å². The smallest absolute Gasteiger partial charge is 0.154 e. The van der Waals surface area contributed by atoms with Crippen LogP contribution in [0, 0.1) is 11.8 Å². The molecule has 0 aliphatic carbocycles. The first-order valence-corrected chi connectivity index (χ1v) is 4.33. The van der Waals surface area contributed by atoms with E-state index in [0.29, 0.717) is 24.2 Å². The number of phenolic OH excluding ortho intramolecular Hbond substituents is 1. The van der Waals surface area contributed by atoms with E-state index >= 15 is 0 Å². The van der Waals surface area contributed by atoms with E-state index in [1.807, 2.05) is 0 Å². The number of benzene rings is 1. The highest BCUT2D eigenvalue weighted by atomic mass is 16.3. The summed E-state index contributed by atoms with van der Waals surface area (Å²) in [6.07, 6.45) is 0.457. The number of aromatic hydroxyl groups is 1. The lowest BCUT2D eigenvalue weighted by Crippen LogP contribution is -1.87. The van der Waals surface area contributed by atoms with Gasteiger partial charge in [-0.05, 0) is 17.7 Å². The van der Waals surface area contributed by atoms with E-state index in [2.05, 4.69) is 21.9 Å². The van der Waals surface area contributed by atoms with Crippen molar-refractivity contribution in [2.24, 2.45) is 5.11 Å². The minimum Gasteiger partial charge on any atom is -0.505 e. The molecule has 0 spiro atoms. The van der Waals surface area contributed by atoms with Gasteiger partial charge in [-0.2, -0.15) is 0 Å². The molecule has 0 saturated carbocycles. The molecule has 3 N–H and O–H groups in total. The van der Waals surface area contributed by atoms with Gasteiger partial charge in [0.05, 0.1) is 11.3 Å². The summed E-state index contributed by atoms with van der Waals surface area (Å²) in [4.78, 5) is 2.60. The van der Waals surface area contributed by atoms with Crippen LogP contribution in [0.25, 0.3) is 10.4 Å². The fourth-order valence-electron chi connectivity index (χ4n) is 0.971. The molecule has 0 amide bonds. The molecule has 1 rings (SSSR count). The topological polar surface area (TPSA) is 95.0 Å². The zero-order valence-electron chi connectivity index (χ0n) is 8.01. The normalized spacial score (nSPS) is 8.53. The van der Waals surface area contributed by atoms with Gasteiger partial charge in [0.1, 0.15) is 0 Å². The van der Waals surface area contributed by atoms with Crippen molar-refractivity contribution in [3.8, 4) is 17.6 Å². The van der Waals surface area contributed by atoms with E-state index in [0.717, 1.165) is 0 Å². The third kappa shape index (κ3) is 3.14. The Labute approximate surface area is 87.2 Å². The predicted molar refractivity (Wildman–Crippen MR) is 58.0 cm³/mol. The van der Waals surface area contributed by atoms with Crippen molar-refractivity contribution in [1.29, 1.82) is 0 Å². The summed E-state index contributed by atoms with van der Waals surface area (Å²) in [5.41, 5.74) is 14.3. The summed E-state index contributed by atoms with van der Waals surface area (Å²) in [7, 11) is 0. The maximum atomic E-state index is 9.49. The Balaban J connectivity index is 2.71. The van der Waals surface area contributed by atoms with Gasteiger partial charge in [0.25, 0.3) is 0 Å². The zero-order valence-corrected chi connectivity index (χ0v) is 8.01. The lowest BCUT2D eigenvalue weighted by Gasteiger charge is -1.99. The number of rotatable bonds is 2. The Kier molecular flexibility index (Phi) is 3.90. The van der Waals surface area contributed by atoms with Crippen molar-refractivity contribution >= 4 is 5.69 Å². The molecule has 0 heterocycles. The van der Waals surface area contributed by atoms with Crippen LogP contribution in [0.3, 0.4) is 0 Å². The third-order valence-corrected chi connectivity index (χ3v) is 1.69. The summed E-state index contributed by atoms with van der Waals surface area (Å²) in [5.74, 6) is 5.52. The molecule has 15 heavy (non-hydrogen) atoms. The first-order chi connectivity index (χ1) is 7.25. The number of nitrogens with zero attached hydrogens (tertiary/aromatic N) is 3. The maximum Gasteiger partial charge on any atom is 0.154 e. The molecule has 0 aliphatic rings. The number of hydrogen-bond acceptors (Lipinski definition) is 3. The van der Waals surface area contributed by atoms with Crippen LogP contribution in [0.1, 0.15) is 12.0 Å². The van der Waals surface area contributed by atoms with Crippen LogP contribution >= 0.6 is 0 Å². The molecular weight excluding hydrogens is 192 g/mol. The first kappa shape index (κ1) is 10.8. The Morgan fingerprint density at radius 1 is 1.53 bits per heavy atom. The van der Waals surface area contributed by atoms with Crippen molar-refractivity contribution in [2.45, 2.75) is 6.42 Å². The van der Waals surface area contributed by atoms with Gasteiger partial charge in [-0.1, -0.05) is 23.0 Å². The first-order valence-electron chi connectivity index (χ1n) is 4.33. The molecule has 1 aromatic carbocycles. The summed E-state index contributed by atoms with van der Waals surface area (Å²) in [5, 5.41) is 12.8. The average molecular weight is 202 g/mol. The van der Waals surface area contributed by atoms with Gasteiger partial charge in [-0.3, -0.25) is 0 Å². The second-order valence-electron chi connectivity index (χ2n) is 2.75.